The van der Waals surface area contributed by atoms with Crippen molar-refractivity contribution in [1.29, 1.82) is 0 Å². The van der Waals surface area contributed by atoms with Gasteiger partial charge < -0.3 is 11.1 Å². The molecular weight excluding hydrogens is 256 g/mol. The van der Waals surface area contributed by atoms with Crippen LogP contribution in [0.25, 0.3) is 0 Å². The molecule has 1 saturated heterocycles. The van der Waals surface area contributed by atoms with Crippen molar-refractivity contribution in [1.82, 2.24) is 0 Å². The lowest BCUT2D eigenvalue weighted by Crippen LogP contribution is -2.57. The minimum atomic E-state index is -0.549. The highest BCUT2D eigenvalue weighted by molar-refractivity contribution is 7.86. The molecule has 1 aromatic rings. The average molecular weight is 271 g/mol. The first-order chi connectivity index (χ1) is 8.06. The van der Waals surface area contributed by atoms with E-state index in [1.54, 1.807) is 6.07 Å². The number of hydrogen-bond donors (Lipinski definition) is 2. The van der Waals surface area contributed by atoms with Gasteiger partial charge in [-0.1, -0.05) is 11.6 Å². The van der Waals surface area contributed by atoms with Gasteiger partial charge in [-0.05, 0) is 36.5 Å². The topological polar surface area (TPSA) is 55.1 Å². The highest BCUT2D eigenvalue weighted by Crippen LogP contribution is 2.49. The van der Waals surface area contributed by atoms with Crippen LogP contribution < -0.4 is 11.1 Å². The summed E-state index contributed by atoms with van der Waals surface area (Å²) in [7, 11) is -0.549. The lowest BCUT2D eigenvalue weighted by molar-refractivity contribution is 0.159. The minimum Gasteiger partial charge on any atom is -0.397 e. The molecule has 1 aromatic carbocycles. The summed E-state index contributed by atoms with van der Waals surface area (Å²) in [5.74, 6) is 1.78. The molecule has 2 fully saturated rings. The molecule has 3 rings (SSSR count). The standard InChI is InChI=1S/C12H15ClN2OS/c13-8-1-2-11(10(14)3-8)15-9-4-12(5-9)6-17(16)7-12/h1-3,9,15H,4-7,14H2. The van der Waals surface area contributed by atoms with Crippen molar-refractivity contribution in [3.05, 3.63) is 23.2 Å². The number of nitrogen functional groups attached to an aromatic ring is 1. The number of halogens is 1. The van der Waals surface area contributed by atoms with E-state index in [-0.39, 0.29) is 0 Å². The maximum Gasteiger partial charge on any atom is 0.0577 e. The van der Waals surface area contributed by atoms with E-state index in [0.29, 0.717) is 22.2 Å². The Balaban J connectivity index is 1.60. The smallest absolute Gasteiger partial charge is 0.0577 e. The number of nitrogens with two attached hydrogens (primary N) is 1. The predicted octanol–water partition coefficient (Wildman–Crippen LogP) is 2.25. The number of nitrogens with one attached hydrogen (secondary N) is 1. The molecule has 17 heavy (non-hydrogen) atoms. The predicted molar refractivity (Wildman–Crippen MR) is 72.8 cm³/mol. The van der Waals surface area contributed by atoms with Crippen molar-refractivity contribution in [2.24, 2.45) is 5.41 Å². The molecule has 0 atom stereocenters. The Kier molecular flexibility index (Phi) is 2.60. The van der Waals surface area contributed by atoms with Crippen LogP contribution in [-0.2, 0) is 10.8 Å². The fraction of sp³-hybridized carbons (Fsp3) is 0.500. The van der Waals surface area contributed by atoms with Gasteiger partial charge in [0.2, 0.25) is 0 Å². The van der Waals surface area contributed by atoms with Crippen molar-refractivity contribution in [2.75, 3.05) is 22.6 Å². The molecule has 3 N–H and O–H groups in total. The van der Waals surface area contributed by atoms with Crippen molar-refractivity contribution in [2.45, 2.75) is 18.9 Å². The van der Waals surface area contributed by atoms with Crippen LogP contribution in [0.3, 0.4) is 0 Å². The van der Waals surface area contributed by atoms with E-state index in [0.717, 1.165) is 30.0 Å². The van der Waals surface area contributed by atoms with Gasteiger partial charge in [0.1, 0.15) is 0 Å². The van der Waals surface area contributed by atoms with Gasteiger partial charge in [-0.2, -0.15) is 0 Å². The maximum absolute atomic E-state index is 11.1. The molecule has 0 aromatic heterocycles. The van der Waals surface area contributed by atoms with Crippen LogP contribution in [0.1, 0.15) is 12.8 Å². The summed E-state index contributed by atoms with van der Waals surface area (Å²) in [6.45, 7) is 0. The second kappa shape index (κ2) is 3.89. The highest BCUT2D eigenvalue weighted by Gasteiger charge is 2.52. The zero-order valence-corrected chi connectivity index (χ0v) is 11.0. The van der Waals surface area contributed by atoms with E-state index in [1.165, 1.54) is 0 Å². The molecule has 0 radical (unpaired) electrons. The molecule has 1 aliphatic carbocycles. The van der Waals surface area contributed by atoms with Crippen molar-refractivity contribution in [3.8, 4) is 0 Å². The van der Waals surface area contributed by atoms with Gasteiger partial charge in [0.05, 0.1) is 11.4 Å². The number of anilines is 2. The Labute approximate surface area is 108 Å². The fourth-order valence-corrected chi connectivity index (χ4v) is 4.78. The Hall–Kier alpha value is -0.740. The van der Waals surface area contributed by atoms with Gasteiger partial charge in [0, 0.05) is 33.4 Å². The minimum absolute atomic E-state index is 0.379. The molecule has 92 valence electrons. The summed E-state index contributed by atoms with van der Waals surface area (Å²) in [5.41, 5.74) is 7.91. The van der Waals surface area contributed by atoms with Gasteiger partial charge in [0.15, 0.2) is 0 Å². The van der Waals surface area contributed by atoms with E-state index < -0.39 is 10.8 Å². The molecule has 0 amide bonds. The van der Waals surface area contributed by atoms with Gasteiger partial charge in [-0.3, -0.25) is 4.21 Å². The highest BCUT2D eigenvalue weighted by atomic mass is 35.5. The van der Waals surface area contributed by atoms with Gasteiger partial charge in [-0.15, -0.1) is 0 Å². The molecule has 1 aliphatic heterocycles. The Bertz CT molecular complexity index is 475. The van der Waals surface area contributed by atoms with Gasteiger partial charge in [-0.25, -0.2) is 0 Å². The van der Waals surface area contributed by atoms with Crippen LogP contribution in [0.2, 0.25) is 5.02 Å². The number of benzene rings is 1. The molecule has 2 aliphatic rings. The van der Waals surface area contributed by atoms with Crippen molar-refractivity contribution in [3.63, 3.8) is 0 Å². The monoisotopic (exact) mass is 270 g/mol. The summed E-state index contributed by atoms with van der Waals surface area (Å²) in [6, 6.07) is 5.99. The van der Waals surface area contributed by atoms with Crippen LogP contribution >= 0.6 is 11.6 Å². The molecule has 1 saturated carbocycles. The molecule has 0 bridgehead atoms. The summed E-state index contributed by atoms with van der Waals surface area (Å²) >= 11 is 5.85. The second-order valence-corrected chi connectivity index (χ2v) is 7.10. The SMILES string of the molecule is Nc1cc(Cl)ccc1NC1CC2(C1)CS(=O)C2. The first-order valence-corrected chi connectivity index (χ1v) is 7.60. The summed E-state index contributed by atoms with van der Waals surface area (Å²) in [4.78, 5) is 0. The van der Waals surface area contributed by atoms with E-state index in [2.05, 4.69) is 5.32 Å². The van der Waals surface area contributed by atoms with Crippen LogP contribution in [0.4, 0.5) is 11.4 Å². The fourth-order valence-electron chi connectivity index (χ4n) is 2.85. The molecule has 1 heterocycles. The van der Waals surface area contributed by atoms with Crippen LogP contribution in [0.5, 0.6) is 0 Å². The van der Waals surface area contributed by atoms with Crippen LogP contribution in [0, 0.1) is 5.41 Å². The number of hydrogen-bond acceptors (Lipinski definition) is 3. The normalized spacial score (nSPS) is 35.1. The molecule has 5 heteroatoms. The summed E-state index contributed by atoms with van der Waals surface area (Å²) < 4.78 is 11.1. The largest absolute Gasteiger partial charge is 0.397 e. The lowest BCUT2D eigenvalue weighted by Gasteiger charge is -2.53. The zero-order chi connectivity index (χ0) is 12.0. The first-order valence-electron chi connectivity index (χ1n) is 5.73. The summed E-state index contributed by atoms with van der Waals surface area (Å²) in [5, 5.41) is 4.09. The van der Waals surface area contributed by atoms with Crippen molar-refractivity contribution < 1.29 is 4.21 Å². The molecule has 0 unspecified atom stereocenters. The van der Waals surface area contributed by atoms with Crippen LogP contribution in [-0.4, -0.2) is 21.8 Å². The molecule has 1 spiro atoms. The Morgan fingerprint density at radius 1 is 1.41 bits per heavy atom. The Morgan fingerprint density at radius 3 is 2.71 bits per heavy atom. The number of rotatable bonds is 2. The maximum atomic E-state index is 11.1. The van der Waals surface area contributed by atoms with E-state index in [9.17, 15) is 4.21 Å². The van der Waals surface area contributed by atoms with Gasteiger partial charge in [0.25, 0.3) is 0 Å². The van der Waals surface area contributed by atoms with Crippen molar-refractivity contribution >= 4 is 33.8 Å². The van der Waals surface area contributed by atoms with E-state index >= 15 is 0 Å². The molecule has 3 nitrogen and oxygen atoms in total. The van der Waals surface area contributed by atoms with E-state index in [1.807, 2.05) is 12.1 Å². The first kappa shape index (κ1) is 11.4. The Morgan fingerprint density at radius 2 is 2.12 bits per heavy atom. The third-order valence-electron chi connectivity index (χ3n) is 3.67. The lowest BCUT2D eigenvalue weighted by atomic mass is 9.67. The zero-order valence-electron chi connectivity index (χ0n) is 9.41. The van der Waals surface area contributed by atoms with Crippen LogP contribution in [0.15, 0.2) is 18.2 Å². The van der Waals surface area contributed by atoms with E-state index in [4.69, 9.17) is 17.3 Å². The average Bonchev–Trinajstić information content (AvgIpc) is 2.16. The van der Waals surface area contributed by atoms with Gasteiger partial charge >= 0.3 is 0 Å². The third kappa shape index (κ3) is 2.04. The second-order valence-electron chi connectivity index (χ2n) is 5.21. The summed E-state index contributed by atoms with van der Waals surface area (Å²) in [6.07, 6.45) is 2.22. The third-order valence-corrected chi connectivity index (χ3v) is 5.77. The molecular formula is C12H15ClN2OS. The quantitative estimate of drug-likeness (QED) is 0.811.